The summed E-state index contributed by atoms with van der Waals surface area (Å²) < 4.78 is 0. The zero-order chi connectivity index (χ0) is 12.3. The minimum Gasteiger partial charge on any atom is -0.369 e. The molecule has 17 heavy (non-hydrogen) atoms. The largest absolute Gasteiger partial charge is 0.369 e. The number of hydrogen-bond donors (Lipinski definition) is 2. The van der Waals surface area contributed by atoms with Gasteiger partial charge in [0.05, 0.1) is 12.5 Å². The number of nitrogens with two attached hydrogens (primary N) is 1. The summed E-state index contributed by atoms with van der Waals surface area (Å²) in [7, 11) is 0. The fourth-order valence-electron chi connectivity index (χ4n) is 2.34. The van der Waals surface area contributed by atoms with Crippen molar-refractivity contribution in [1.82, 2.24) is 10.2 Å². The van der Waals surface area contributed by atoms with Crippen LogP contribution in [0.15, 0.2) is 0 Å². The Bertz CT molecular complexity index is 302. The number of likely N-dealkylation sites (tertiary alicyclic amines) is 1. The third-order valence-electron chi connectivity index (χ3n) is 3.52. The SMILES string of the molecule is NC(=O)CN1CCC[C@H](C(=O)NCC2CC2)C1. The minimum atomic E-state index is -0.316. The first-order valence-electron chi connectivity index (χ1n) is 6.43. The van der Waals surface area contributed by atoms with Gasteiger partial charge in [-0.2, -0.15) is 0 Å². The number of primary amides is 1. The van der Waals surface area contributed by atoms with Crippen molar-refractivity contribution in [3.8, 4) is 0 Å². The van der Waals surface area contributed by atoms with Crippen molar-refractivity contribution in [2.75, 3.05) is 26.2 Å². The van der Waals surface area contributed by atoms with E-state index in [-0.39, 0.29) is 24.3 Å². The van der Waals surface area contributed by atoms with Crippen molar-refractivity contribution in [3.05, 3.63) is 0 Å². The van der Waals surface area contributed by atoms with E-state index in [1.807, 2.05) is 4.90 Å². The number of carbonyl (C=O) groups is 2. The number of carbonyl (C=O) groups excluding carboxylic acids is 2. The van der Waals surface area contributed by atoms with Crippen molar-refractivity contribution in [3.63, 3.8) is 0 Å². The van der Waals surface area contributed by atoms with E-state index < -0.39 is 0 Å². The Labute approximate surface area is 102 Å². The van der Waals surface area contributed by atoms with Gasteiger partial charge in [-0.15, -0.1) is 0 Å². The second kappa shape index (κ2) is 5.49. The van der Waals surface area contributed by atoms with Crippen LogP contribution >= 0.6 is 0 Å². The standard InChI is InChI=1S/C12H21N3O2/c13-11(16)8-15-5-1-2-10(7-15)12(17)14-6-9-3-4-9/h9-10H,1-8H2,(H2,13,16)(H,14,17)/t10-/m0/s1. The summed E-state index contributed by atoms with van der Waals surface area (Å²) in [4.78, 5) is 24.7. The zero-order valence-corrected chi connectivity index (χ0v) is 10.2. The third-order valence-corrected chi connectivity index (χ3v) is 3.52. The molecule has 0 aromatic carbocycles. The molecule has 0 radical (unpaired) electrons. The summed E-state index contributed by atoms with van der Waals surface area (Å²) in [6, 6.07) is 0. The molecule has 0 spiro atoms. The number of piperidine rings is 1. The van der Waals surface area contributed by atoms with E-state index in [2.05, 4.69) is 5.32 Å². The quantitative estimate of drug-likeness (QED) is 0.692. The molecule has 0 aromatic heterocycles. The summed E-state index contributed by atoms with van der Waals surface area (Å²) in [6.45, 7) is 2.63. The van der Waals surface area contributed by atoms with E-state index >= 15 is 0 Å². The Hall–Kier alpha value is -1.10. The van der Waals surface area contributed by atoms with Crippen LogP contribution < -0.4 is 11.1 Å². The number of hydrogen-bond acceptors (Lipinski definition) is 3. The van der Waals surface area contributed by atoms with Crippen LogP contribution in [0.3, 0.4) is 0 Å². The van der Waals surface area contributed by atoms with Crippen molar-refractivity contribution in [1.29, 1.82) is 0 Å². The maximum atomic E-state index is 11.9. The topological polar surface area (TPSA) is 75.4 Å². The second-order valence-electron chi connectivity index (χ2n) is 5.23. The smallest absolute Gasteiger partial charge is 0.231 e. The Morgan fingerprint density at radius 2 is 2.06 bits per heavy atom. The number of nitrogens with zero attached hydrogens (tertiary/aromatic N) is 1. The van der Waals surface area contributed by atoms with Gasteiger partial charge in [-0.1, -0.05) is 0 Å². The summed E-state index contributed by atoms with van der Waals surface area (Å²) in [5.74, 6) is 0.571. The van der Waals surface area contributed by atoms with E-state index in [0.717, 1.165) is 25.9 Å². The maximum Gasteiger partial charge on any atom is 0.231 e. The lowest BCUT2D eigenvalue weighted by atomic mass is 9.97. The molecule has 1 saturated carbocycles. The van der Waals surface area contributed by atoms with Gasteiger partial charge >= 0.3 is 0 Å². The van der Waals surface area contributed by atoms with Crippen molar-refractivity contribution in [2.24, 2.45) is 17.6 Å². The van der Waals surface area contributed by atoms with E-state index in [4.69, 9.17) is 5.73 Å². The van der Waals surface area contributed by atoms with Crippen molar-refractivity contribution in [2.45, 2.75) is 25.7 Å². The number of amides is 2. The highest BCUT2D eigenvalue weighted by Crippen LogP contribution is 2.27. The first-order valence-corrected chi connectivity index (χ1v) is 6.43. The van der Waals surface area contributed by atoms with Crippen LogP contribution in [0.5, 0.6) is 0 Å². The summed E-state index contributed by atoms with van der Waals surface area (Å²) in [5, 5.41) is 3.01. The van der Waals surface area contributed by atoms with Gasteiger partial charge in [0.15, 0.2) is 0 Å². The fourth-order valence-corrected chi connectivity index (χ4v) is 2.34. The van der Waals surface area contributed by atoms with Gasteiger partial charge in [-0.3, -0.25) is 14.5 Å². The minimum absolute atomic E-state index is 0.0295. The number of nitrogens with one attached hydrogen (secondary N) is 1. The van der Waals surface area contributed by atoms with Crippen LogP contribution in [0.4, 0.5) is 0 Å². The fraction of sp³-hybridized carbons (Fsp3) is 0.833. The molecule has 1 saturated heterocycles. The first kappa shape index (κ1) is 12.4. The van der Waals surface area contributed by atoms with Gasteiger partial charge in [-0.25, -0.2) is 0 Å². The molecule has 0 bridgehead atoms. The normalized spacial score (nSPS) is 25.5. The van der Waals surface area contributed by atoms with Gasteiger partial charge < -0.3 is 11.1 Å². The molecule has 2 amide bonds. The van der Waals surface area contributed by atoms with E-state index in [0.29, 0.717) is 12.5 Å². The predicted octanol–water partition coefficient (Wildman–Crippen LogP) is -0.290. The van der Waals surface area contributed by atoms with Crippen LogP contribution in [-0.4, -0.2) is 42.9 Å². The van der Waals surface area contributed by atoms with E-state index in [1.165, 1.54) is 12.8 Å². The molecule has 2 rings (SSSR count). The van der Waals surface area contributed by atoms with Gasteiger partial charge in [0.25, 0.3) is 0 Å². The van der Waals surface area contributed by atoms with Crippen molar-refractivity contribution < 1.29 is 9.59 Å². The molecule has 2 fully saturated rings. The summed E-state index contributed by atoms with van der Waals surface area (Å²) >= 11 is 0. The van der Waals surface area contributed by atoms with Crippen molar-refractivity contribution >= 4 is 11.8 Å². The van der Waals surface area contributed by atoms with Crippen LogP contribution in [0.25, 0.3) is 0 Å². The van der Waals surface area contributed by atoms with Gasteiger partial charge in [0, 0.05) is 13.1 Å². The average molecular weight is 239 g/mol. The molecule has 96 valence electrons. The summed E-state index contributed by atoms with van der Waals surface area (Å²) in [6.07, 6.45) is 4.39. The molecule has 1 heterocycles. The third kappa shape index (κ3) is 4.00. The van der Waals surface area contributed by atoms with Crippen LogP contribution in [0, 0.1) is 11.8 Å². The highest BCUT2D eigenvalue weighted by atomic mass is 16.2. The molecule has 3 N–H and O–H groups in total. The monoisotopic (exact) mass is 239 g/mol. The lowest BCUT2D eigenvalue weighted by Gasteiger charge is -2.30. The molecule has 5 nitrogen and oxygen atoms in total. The zero-order valence-electron chi connectivity index (χ0n) is 10.2. The van der Waals surface area contributed by atoms with Crippen LogP contribution in [0.2, 0.25) is 0 Å². The Morgan fingerprint density at radius 1 is 1.29 bits per heavy atom. The lowest BCUT2D eigenvalue weighted by Crippen LogP contribution is -2.46. The molecule has 1 aliphatic heterocycles. The second-order valence-corrected chi connectivity index (χ2v) is 5.23. The molecular formula is C12H21N3O2. The highest BCUT2D eigenvalue weighted by Gasteiger charge is 2.28. The molecule has 2 aliphatic rings. The Balaban J connectivity index is 1.74. The summed E-state index contributed by atoms with van der Waals surface area (Å²) in [5.41, 5.74) is 5.17. The molecule has 5 heteroatoms. The van der Waals surface area contributed by atoms with Gasteiger partial charge in [0.1, 0.15) is 0 Å². The molecule has 1 atom stereocenters. The average Bonchev–Trinajstić information content (AvgIpc) is 3.09. The van der Waals surface area contributed by atoms with Crippen LogP contribution in [0.1, 0.15) is 25.7 Å². The maximum absolute atomic E-state index is 11.9. The molecular weight excluding hydrogens is 218 g/mol. The van der Waals surface area contributed by atoms with Gasteiger partial charge in [-0.05, 0) is 38.1 Å². The van der Waals surface area contributed by atoms with E-state index in [1.54, 1.807) is 0 Å². The molecule has 0 aromatic rings. The number of rotatable bonds is 5. The molecule has 0 unspecified atom stereocenters. The Kier molecular flexibility index (Phi) is 3.99. The van der Waals surface area contributed by atoms with E-state index in [9.17, 15) is 9.59 Å². The predicted molar refractivity (Wildman–Crippen MR) is 64.1 cm³/mol. The Morgan fingerprint density at radius 3 is 2.71 bits per heavy atom. The van der Waals surface area contributed by atoms with Crippen LogP contribution in [-0.2, 0) is 9.59 Å². The van der Waals surface area contributed by atoms with Gasteiger partial charge in [0.2, 0.25) is 11.8 Å². The first-order chi connectivity index (χ1) is 8.15. The lowest BCUT2D eigenvalue weighted by molar-refractivity contribution is -0.128. The highest BCUT2D eigenvalue weighted by molar-refractivity contribution is 5.79. The molecule has 1 aliphatic carbocycles.